The largest absolute Gasteiger partial charge is 0.469 e. The van der Waals surface area contributed by atoms with Gasteiger partial charge < -0.3 is 4.74 Å². The molecule has 9 nitrogen and oxygen atoms in total. The van der Waals surface area contributed by atoms with Crippen LogP contribution in [0.2, 0.25) is 0 Å². The van der Waals surface area contributed by atoms with Crippen molar-refractivity contribution in [2.75, 3.05) is 14.2 Å². The minimum absolute atomic E-state index is 0.0406. The van der Waals surface area contributed by atoms with E-state index in [0.717, 1.165) is 28.6 Å². The quantitative estimate of drug-likeness (QED) is 0.216. The third kappa shape index (κ3) is 5.76. The number of nitrogens with zero attached hydrogens (tertiary/aromatic N) is 3. The summed E-state index contributed by atoms with van der Waals surface area (Å²) >= 11 is 0. The van der Waals surface area contributed by atoms with E-state index in [1.165, 1.54) is 20.4 Å². The Morgan fingerprint density at radius 3 is 2.35 bits per heavy atom. The van der Waals surface area contributed by atoms with Gasteiger partial charge in [0.1, 0.15) is 5.82 Å². The number of methoxy groups -OCH3 is 1. The number of sulfone groups is 1. The van der Waals surface area contributed by atoms with Crippen LogP contribution in [0, 0.1) is 5.82 Å². The molecule has 0 spiro atoms. The molecular formula is C25H25F4N3O6S2. The predicted molar refractivity (Wildman–Crippen MR) is 133 cm³/mol. The summed E-state index contributed by atoms with van der Waals surface area (Å²) in [7, 11) is -6.84. The maximum Gasteiger partial charge on any atom is 0.416 e. The Morgan fingerprint density at radius 1 is 1.07 bits per heavy atom. The lowest BCUT2D eigenvalue weighted by Crippen LogP contribution is -2.33. The molecule has 0 saturated carbocycles. The number of rotatable bonds is 8. The van der Waals surface area contributed by atoms with Crippen molar-refractivity contribution in [3.8, 4) is 0 Å². The van der Waals surface area contributed by atoms with Crippen LogP contribution in [-0.4, -0.2) is 51.0 Å². The molecule has 0 saturated heterocycles. The first kappa shape index (κ1) is 29.7. The van der Waals surface area contributed by atoms with Gasteiger partial charge in [-0.2, -0.15) is 22.6 Å². The van der Waals surface area contributed by atoms with Crippen LogP contribution in [0.4, 0.5) is 17.6 Å². The van der Waals surface area contributed by atoms with Gasteiger partial charge in [0.25, 0.3) is 0 Å². The number of esters is 1. The number of benzene rings is 2. The minimum atomic E-state index is -5.06. The van der Waals surface area contributed by atoms with Crippen LogP contribution >= 0.6 is 0 Å². The number of aryl methyl sites for hydroxylation is 1. The van der Waals surface area contributed by atoms with E-state index in [9.17, 15) is 39.2 Å². The fourth-order valence-electron chi connectivity index (χ4n) is 4.59. The van der Waals surface area contributed by atoms with Crippen LogP contribution in [0.15, 0.2) is 63.3 Å². The number of carbonyl (C=O) groups excluding carboxylic acids is 1. The molecule has 2 aromatic carbocycles. The first-order valence-corrected chi connectivity index (χ1v) is 14.9. The number of fused-ring (bicyclic) bond motifs is 1. The molecule has 4 rings (SSSR count). The van der Waals surface area contributed by atoms with Gasteiger partial charge in [-0.05, 0) is 61.7 Å². The Morgan fingerprint density at radius 2 is 1.73 bits per heavy atom. The molecule has 0 aliphatic heterocycles. The number of carbonyl (C=O) groups is 1. The molecule has 0 bridgehead atoms. The number of sulfonamides is 1. The van der Waals surface area contributed by atoms with Gasteiger partial charge in [-0.3, -0.25) is 9.48 Å². The second kappa shape index (κ2) is 10.9. The molecule has 0 radical (unpaired) electrons. The van der Waals surface area contributed by atoms with Crippen molar-refractivity contribution in [3.63, 3.8) is 0 Å². The number of aromatic nitrogens is 2. The first-order chi connectivity index (χ1) is 18.7. The van der Waals surface area contributed by atoms with Crippen molar-refractivity contribution in [2.24, 2.45) is 0 Å². The highest BCUT2D eigenvalue weighted by molar-refractivity contribution is 7.91. The van der Waals surface area contributed by atoms with Crippen LogP contribution < -0.4 is 0 Å². The van der Waals surface area contributed by atoms with Crippen molar-refractivity contribution < 1.29 is 43.9 Å². The normalized spacial score (nSPS) is 16.1. The molecule has 1 aromatic heterocycles. The van der Waals surface area contributed by atoms with Gasteiger partial charge in [0.2, 0.25) is 19.9 Å². The van der Waals surface area contributed by atoms with E-state index in [1.54, 1.807) is 4.68 Å². The van der Waals surface area contributed by atoms with Crippen molar-refractivity contribution in [1.82, 2.24) is 14.1 Å². The Bertz CT molecular complexity index is 1640. The average Bonchev–Trinajstić information content (AvgIpc) is 3.34. The number of hydrogen-bond donors (Lipinski definition) is 0. The van der Waals surface area contributed by atoms with Crippen molar-refractivity contribution >= 4 is 25.8 Å². The fourth-order valence-corrected chi connectivity index (χ4v) is 7.43. The molecule has 1 heterocycles. The fraction of sp³-hybridized carbons (Fsp3) is 0.360. The van der Waals surface area contributed by atoms with Crippen LogP contribution in [0.1, 0.15) is 42.1 Å². The van der Waals surface area contributed by atoms with Crippen molar-refractivity contribution in [1.29, 1.82) is 0 Å². The molecule has 0 fully saturated rings. The van der Waals surface area contributed by atoms with E-state index in [0.29, 0.717) is 48.7 Å². The predicted octanol–water partition coefficient (Wildman–Crippen LogP) is 4.14. The van der Waals surface area contributed by atoms with Crippen LogP contribution in [-0.2, 0) is 48.5 Å². The zero-order chi connectivity index (χ0) is 29.5. The van der Waals surface area contributed by atoms with E-state index < -0.39 is 64.1 Å². The number of hydrogen-bond acceptors (Lipinski definition) is 7. The molecule has 40 heavy (non-hydrogen) atoms. The molecule has 3 aromatic rings. The van der Waals surface area contributed by atoms with Gasteiger partial charge in [0.15, 0.2) is 0 Å². The maximum absolute atomic E-state index is 13.8. The lowest BCUT2D eigenvalue weighted by Gasteiger charge is -2.31. The Hall–Kier alpha value is -3.30. The van der Waals surface area contributed by atoms with E-state index in [-0.39, 0.29) is 13.0 Å². The number of alkyl halides is 3. The van der Waals surface area contributed by atoms with Gasteiger partial charge in [0, 0.05) is 18.3 Å². The monoisotopic (exact) mass is 603 g/mol. The van der Waals surface area contributed by atoms with Gasteiger partial charge in [-0.1, -0.05) is 0 Å². The van der Waals surface area contributed by atoms with Gasteiger partial charge >= 0.3 is 12.1 Å². The van der Waals surface area contributed by atoms with Gasteiger partial charge in [-0.15, -0.1) is 0 Å². The molecule has 1 aliphatic carbocycles. The summed E-state index contributed by atoms with van der Waals surface area (Å²) in [6.45, 7) is 0.198. The summed E-state index contributed by atoms with van der Waals surface area (Å²) in [5.41, 5.74) is -0.248. The Labute approximate surface area is 228 Å². The zero-order valence-electron chi connectivity index (χ0n) is 21.4. The lowest BCUT2D eigenvalue weighted by molar-refractivity contribution is -0.141. The Kier molecular flexibility index (Phi) is 8.11. The SMILES string of the molecule is COC(=O)CCn1ncc2c1CCCC2N(C)S(=O)(=O)c1cc(C(F)(F)F)cc(S(=O)(=O)c2ccc(F)cc2)c1. The summed E-state index contributed by atoms with van der Waals surface area (Å²) in [5.74, 6) is -1.21. The summed E-state index contributed by atoms with van der Waals surface area (Å²) in [4.78, 5) is 9.28. The third-order valence-corrected chi connectivity index (χ3v) is 10.3. The molecule has 0 amide bonds. The van der Waals surface area contributed by atoms with Crippen molar-refractivity contribution in [3.05, 3.63) is 71.3 Å². The summed E-state index contributed by atoms with van der Waals surface area (Å²) in [6.07, 6.45) is -2.14. The molecule has 1 aliphatic rings. The second-order valence-electron chi connectivity index (χ2n) is 9.17. The molecule has 1 unspecified atom stereocenters. The standard InChI is InChI=1S/C25H25F4N3O6S2/c1-31(22-4-3-5-23-21(22)15-30-32(23)11-10-24(33)38-2)40(36,37)20-13-16(25(27,28)29)12-19(14-20)39(34,35)18-8-6-17(26)7-9-18/h6-9,12-15,22H,3-5,10-11H2,1-2H3. The maximum atomic E-state index is 13.8. The third-order valence-electron chi connectivity index (χ3n) is 6.74. The number of ether oxygens (including phenoxy) is 1. The molecule has 1 atom stereocenters. The topological polar surface area (TPSA) is 116 Å². The van der Waals surface area contributed by atoms with E-state index >= 15 is 0 Å². The van der Waals surface area contributed by atoms with E-state index in [4.69, 9.17) is 0 Å². The van der Waals surface area contributed by atoms with Crippen LogP contribution in [0.25, 0.3) is 0 Å². The van der Waals surface area contributed by atoms with Crippen molar-refractivity contribution in [2.45, 2.75) is 59.1 Å². The highest BCUT2D eigenvalue weighted by atomic mass is 32.2. The Balaban J connectivity index is 1.75. The van der Waals surface area contributed by atoms with E-state index in [2.05, 4.69) is 9.84 Å². The van der Waals surface area contributed by atoms with E-state index in [1.807, 2.05) is 0 Å². The lowest BCUT2D eigenvalue weighted by atomic mass is 9.93. The van der Waals surface area contributed by atoms with Gasteiger partial charge in [0.05, 0.1) is 52.6 Å². The highest BCUT2D eigenvalue weighted by Gasteiger charge is 2.38. The molecule has 0 N–H and O–H groups in total. The molecular weight excluding hydrogens is 578 g/mol. The summed E-state index contributed by atoms with van der Waals surface area (Å²) < 4.78 is 115. The first-order valence-electron chi connectivity index (χ1n) is 12.0. The minimum Gasteiger partial charge on any atom is -0.469 e. The van der Waals surface area contributed by atoms with Gasteiger partial charge in [-0.25, -0.2) is 21.2 Å². The average molecular weight is 604 g/mol. The summed E-state index contributed by atoms with van der Waals surface area (Å²) in [6, 6.07) is 4.03. The summed E-state index contributed by atoms with van der Waals surface area (Å²) in [5, 5.41) is 4.26. The zero-order valence-corrected chi connectivity index (χ0v) is 23.0. The second-order valence-corrected chi connectivity index (χ2v) is 13.1. The molecule has 15 heteroatoms. The van der Waals surface area contributed by atoms with Crippen LogP contribution in [0.5, 0.6) is 0 Å². The molecule has 216 valence electrons. The highest BCUT2D eigenvalue weighted by Crippen LogP contribution is 2.39. The van der Waals surface area contributed by atoms with Crippen LogP contribution in [0.3, 0.4) is 0 Å². The smallest absolute Gasteiger partial charge is 0.416 e. The number of halogens is 4.